The quantitative estimate of drug-likeness (QED) is 0.769. The molecule has 6 heteroatoms. The molecule has 1 aromatic carbocycles. The molecule has 2 N–H and O–H groups in total. The summed E-state index contributed by atoms with van der Waals surface area (Å²) in [4.78, 5) is 22.4. The van der Waals surface area contributed by atoms with Crippen LogP contribution in [0.25, 0.3) is 0 Å². The van der Waals surface area contributed by atoms with E-state index in [9.17, 15) is 9.59 Å². The summed E-state index contributed by atoms with van der Waals surface area (Å²) in [7, 11) is 1.50. The maximum absolute atomic E-state index is 12.0. The number of ether oxygens (including phenoxy) is 1. The standard InChI is InChI=1S/C12H14ClNO4/c1-7(14-6-11(15)16)12(17)9-4-3-8(18-2)5-10(9)13/h3-5,7,14H,6H2,1-2H3,(H,15,16). The number of rotatable bonds is 6. The highest BCUT2D eigenvalue weighted by molar-refractivity contribution is 6.34. The van der Waals surface area contributed by atoms with E-state index in [0.29, 0.717) is 11.3 Å². The Morgan fingerprint density at radius 1 is 1.50 bits per heavy atom. The van der Waals surface area contributed by atoms with Gasteiger partial charge in [-0.3, -0.25) is 14.9 Å². The molecule has 1 unspecified atom stereocenters. The summed E-state index contributed by atoms with van der Waals surface area (Å²) < 4.78 is 4.98. The Bertz CT molecular complexity index is 461. The molecular formula is C12H14ClNO4. The van der Waals surface area contributed by atoms with Crippen LogP contribution in [0.5, 0.6) is 5.75 Å². The minimum Gasteiger partial charge on any atom is -0.497 e. The summed E-state index contributed by atoms with van der Waals surface area (Å²) in [5.74, 6) is -0.720. The van der Waals surface area contributed by atoms with Crippen LogP contribution < -0.4 is 10.1 Å². The predicted molar refractivity (Wildman–Crippen MR) is 67.4 cm³/mol. The van der Waals surface area contributed by atoms with Gasteiger partial charge in [0.25, 0.3) is 0 Å². The number of hydrogen-bond donors (Lipinski definition) is 2. The zero-order chi connectivity index (χ0) is 13.7. The van der Waals surface area contributed by atoms with E-state index < -0.39 is 12.0 Å². The van der Waals surface area contributed by atoms with Gasteiger partial charge in [-0.15, -0.1) is 0 Å². The molecule has 0 radical (unpaired) electrons. The normalized spacial score (nSPS) is 11.9. The SMILES string of the molecule is COc1ccc(C(=O)C(C)NCC(=O)O)c(Cl)c1. The Labute approximate surface area is 110 Å². The van der Waals surface area contributed by atoms with Gasteiger partial charge in [-0.25, -0.2) is 0 Å². The second-order valence-electron chi connectivity index (χ2n) is 3.71. The molecule has 0 aromatic heterocycles. The average Bonchev–Trinajstić information content (AvgIpc) is 2.34. The number of carboxylic acid groups (broad SMARTS) is 1. The lowest BCUT2D eigenvalue weighted by Crippen LogP contribution is -2.37. The highest BCUT2D eigenvalue weighted by Gasteiger charge is 2.18. The summed E-state index contributed by atoms with van der Waals surface area (Å²) >= 11 is 5.96. The van der Waals surface area contributed by atoms with Crippen molar-refractivity contribution < 1.29 is 19.4 Å². The van der Waals surface area contributed by atoms with Crippen LogP contribution in [-0.2, 0) is 4.79 Å². The van der Waals surface area contributed by atoms with Gasteiger partial charge in [0.15, 0.2) is 5.78 Å². The van der Waals surface area contributed by atoms with Gasteiger partial charge in [0.2, 0.25) is 0 Å². The molecule has 0 spiro atoms. The zero-order valence-corrected chi connectivity index (χ0v) is 10.8. The second-order valence-corrected chi connectivity index (χ2v) is 4.11. The van der Waals surface area contributed by atoms with Crippen LogP contribution in [0.15, 0.2) is 18.2 Å². The number of aliphatic carboxylic acids is 1. The molecule has 1 rings (SSSR count). The molecule has 0 saturated heterocycles. The molecule has 0 amide bonds. The van der Waals surface area contributed by atoms with Gasteiger partial charge in [-0.2, -0.15) is 0 Å². The van der Waals surface area contributed by atoms with Crippen molar-refractivity contribution in [3.63, 3.8) is 0 Å². The Kier molecular flexibility index (Phi) is 5.12. The first-order valence-electron chi connectivity index (χ1n) is 5.28. The molecule has 1 aromatic rings. The summed E-state index contributed by atoms with van der Waals surface area (Å²) in [5, 5.41) is 11.4. The minimum absolute atomic E-state index is 0.260. The number of carbonyl (C=O) groups is 2. The molecule has 98 valence electrons. The number of carboxylic acids is 1. The number of benzene rings is 1. The Balaban J connectivity index is 2.80. The predicted octanol–water partition coefficient (Wildman–Crippen LogP) is 1.59. The lowest BCUT2D eigenvalue weighted by atomic mass is 10.1. The third kappa shape index (κ3) is 3.72. The zero-order valence-electron chi connectivity index (χ0n) is 10.1. The van der Waals surface area contributed by atoms with Gasteiger partial charge < -0.3 is 9.84 Å². The number of methoxy groups -OCH3 is 1. The lowest BCUT2D eigenvalue weighted by molar-refractivity contribution is -0.136. The summed E-state index contributed by atoms with van der Waals surface area (Å²) in [6, 6.07) is 4.11. The molecule has 0 saturated carbocycles. The average molecular weight is 272 g/mol. The van der Waals surface area contributed by atoms with Crippen LogP contribution in [-0.4, -0.2) is 36.6 Å². The third-order valence-corrected chi connectivity index (χ3v) is 2.71. The molecule has 0 bridgehead atoms. The fourth-order valence-electron chi connectivity index (χ4n) is 1.39. The number of halogens is 1. The van der Waals surface area contributed by atoms with Crippen LogP contribution in [0.2, 0.25) is 5.02 Å². The molecule has 0 aliphatic heterocycles. The first kappa shape index (κ1) is 14.5. The van der Waals surface area contributed by atoms with E-state index in [0.717, 1.165) is 0 Å². The maximum atomic E-state index is 12.0. The highest BCUT2D eigenvalue weighted by atomic mass is 35.5. The van der Waals surface area contributed by atoms with Crippen LogP contribution in [0.1, 0.15) is 17.3 Å². The smallest absolute Gasteiger partial charge is 0.317 e. The Morgan fingerprint density at radius 3 is 2.67 bits per heavy atom. The highest BCUT2D eigenvalue weighted by Crippen LogP contribution is 2.23. The van der Waals surface area contributed by atoms with Crippen molar-refractivity contribution in [2.45, 2.75) is 13.0 Å². The summed E-state index contributed by atoms with van der Waals surface area (Å²) in [5.41, 5.74) is 0.336. The number of Topliss-reactive ketones (excluding diaryl/α,β-unsaturated/α-hetero) is 1. The summed E-state index contributed by atoms with van der Waals surface area (Å²) in [6.07, 6.45) is 0. The number of hydrogen-bond acceptors (Lipinski definition) is 4. The fraction of sp³-hybridized carbons (Fsp3) is 0.333. The van der Waals surface area contributed by atoms with Gasteiger partial charge in [-0.05, 0) is 25.1 Å². The van der Waals surface area contributed by atoms with Gasteiger partial charge in [-0.1, -0.05) is 11.6 Å². The van der Waals surface area contributed by atoms with E-state index in [4.69, 9.17) is 21.4 Å². The number of nitrogens with one attached hydrogen (secondary N) is 1. The van der Waals surface area contributed by atoms with Crippen LogP contribution in [0.4, 0.5) is 0 Å². The van der Waals surface area contributed by atoms with Crippen molar-refractivity contribution in [3.05, 3.63) is 28.8 Å². The van der Waals surface area contributed by atoms with E-state index in [-0.39, 0.29) is 17.4 Å². The Hall–Kier alpha value is -1.59. The van der Waals surface area contributed by atoms with Crippen molar-refractivity contribution >= 4 is 23.4 Å². The fourth-order valence-corrected chi connectivity index (χ4v) is 1.65. The van der Waals surface area contributed by atoms with Crippen LogP contribution in [0, 0.1) is 0 Å². The molecule has 0 aliphatic carbocycles. The maximum Gasteiger partial charge on any atom is 0.317 e. The molecule has 0 fully saturated rings. The van der Waals surface area contributed by atoms with Crippen molar-refractivity contribution in [2.24, 2.45) is 0 Å². The van der Waals surface area contributed by atoms with Crippen LogP contribution >= 0.6 is 11.6 Å². The first-order chi connectivity index (χ1) is 8.45. The van der Waals surface area contributed by atoms with Gasteiger partial charge in [0.1, 0.15) is 5.75 Å². The van der Waals surface area contributed by atoms with Crippen molar-refractivity contribution in [3.8, 4) is 5.75 Å². The minimum atomic E-state index is -1.02. The van der Waals surface area contributed by atoms with E-state index >= 15 is 0 Å². The first-order valence-corrected chi connectivity index (χ1v) is 5.66. The van der Waals surface area contributed by atoms with Crippen molar-refractivity contribution in [1.82, 2.24) is 5.32 Å². The van der Waals surface area contributed by atoms with E-state index in [1.807, 2.05) is 0 Å². The third-order valence-electron chi connectivity index (χ3n) is 2.39. The molecule has 0 heterocycles. The Morgan fingerprint density at radius 2 is 2.17 bits per heavy atom. The van der Waals surface area contributed by atoms with E-state index in [2.05, 4.69) is 5.32 Å². The molecule has 5 nitrogen and oxygen atoms in total. The lowest BCUT2D eigenvalue weighted by Gasteiger charge is -2.12. The largest absolute Gasteiger partial charge is 0.497 e. The van der Waals surface area contributed by atoms with Gasteiger partial charge in [0, 0.05) is 5.56 Å². The number of carbonyl (C=O) groups excluding carboxylic acids is 1. The molecule has 1 atom stereocenters. The number of ketones is 1. The molecule has 18 heavy (non-hydrogen) atoms. The van der Waals surface area contributed by atoms with Crippen molar-refractivity contribution in [2.75, 3.05) is 13.7 Å². The van der Waals surface area contributed by atoms with E-state index in [1.54, 1.807) is 25.1 Å². The van der Waals surface area contributed by atoms with Gasteiger partial charge >= 0.3 is 5.97 Å². The van der Waals surface area contributed by atoms with Crippen LogP contribution in [0.3, 0.4) is 0 Å². The monoisotopic (exact) mass is 271 g/mol. The topological polar surface area (TPSA) is 75.6 Å². The second kappa shape index (κ2) is 6.37. The van der Waals surface area contributed by atoms with Crippen molar-refractivity contribution in [1.29, 1.82) is 0 Å². The molecular weight excluding hydrogens is 258 g/mol. The van der Waals surface area contributed by atoms with E-state index in [1.165, 1.54) is 7.11 Å². The molecule has 0 aliphatic rings. The summed E-state index contributed by atoms with van der Waals surface area (Å²) in [6.45, 7) is 1.31. The van der Waals surface area contributed by atoms with Gasteiger partial charge in [0.05, 0.1) is 24.7 Å².